The molecule has 0 saturated carbocycles. The first-order chi connectivity index (χ1) is 13.7. The number of carbonyl (C=O) groups excluding carboxylic acids is 1. The van der Waals surface area contributed by atoms with E-state index in [0.29, 0.717) is 33.4 Å². The smallest absolute Gasteiger partial charge is 0.230 e. The molecule has 1 amide bonds. The Morgan fingerprint density at radius 3 is 2.59 bits per heavy atom. The van der Waals surface area contributed by atoms with Crippen molar-refractivity contribution in [2.24, 2.45) is 5.92 Å². The van der Waals surface area contributed by atoms with Gasteiger partial charge in [0.1, 0.15) is 0 Å². The minimum atomic E-state index is -0.289. The van der Waals surface area contributed by atoms with E-state index in [4.69, 9.17) is 23.2 Å². The Kier molecular flexibility index (Phi) is 7.09. The van der Waals surface area contributed by atoms with Crippen LogP contribution in [0.2, 0.25) is 10.0 Å². The van der Waals surface area contributed by atoms with Crippen molar-refractivity contribution in [3.8, 4) is 0 Å². The maximum Gasteiger partial charge on any atom is 0.230 e. The number of benzene rings is 1. The second-order valence-corrected chi connectivity index (χ2v) is 9.31. The van der Waals surface area contributed by atoms with Crippen LogP contribution in [0.25, 0.3) is 0 Å². The second kappa shape index (κ2) is 9.20. The van der Waals surface area contributed by atoms with Gasteiger partial charge in [-0.1, -0.05) is 36.2 Å². The SMILES string of the molecule is Cc1nn(CC(C)C(=O)Nc2nn(Cc3ccc(Cl)cc3Cl)cc2Br)c(C)c1Br. The van der Waals surface area contributed by atoms with Crippen LogP contribution in [0, 0.1) is 19.8 Å². The number of halogens is 4. The first-order valence-electron chi connectivity index (χ1n) is 8.83. The van der Waals surface area contributed by atoms with Gasteiger partial charge in [0.25, 0.3) is 0 Å². The highest BCUT2D eigenvalue weighted by molar-refractivity contribution is 9.11. The summed E-state index contributed by atoms with van der Waals surface area (Å²) < 4.78 is 5.20. The standard InChI is InChI=1S/C19H19Br2Cl2N5O/c1-10(7-28-12(3)17(21)11(2)25-28)19(29)24-18-15(20)9-27(26-18)8-13-4-5-14(22)6-16(13)23/h4-6,9-10H,7-8H2,1-3H3,(H,24,26,29). The molecule has 1 atom stereocenters. The Morgan fingerprint density at radius 2 is 1.97 bits per heavy atom. The molecule has 1 N–H and O–H groups in total. The van der Waals surface area contributed by atoms with Gasteiger partial charge >= 0.3 is 0 Å². The van der Waals surface area contributed by atoms with Crippen molar-refractivity contribution in [3.63, 3.8) is 0 Å². The molecule has 154 valence electrons. The minimum absolute atomic E-state index is 0.135. The van der Waals surface area contributed by atoms with Crippen LogP contribution in [0.4, 0.5) is 5.82 Å². The lowest BCUT2D eigenvalue weighted by atomic mass is 10.1. The van der Waals surface area contributed by atoms with Crippen LogP contribution in [0.1, 0.15) is 23.9 Å². The zero-order valence-corrected chi connectivity index (χ0v) is 20.7. The molecule has 29 heavy (non-hydrogen) atoms. The summed E-state index contributed by atoms with van der Waals surface area (Å²) in [5.41, 5.74) is 2.78. The average Bonchev–Trinajstić information content (AvgIpc) is 3.11. The Balaban J connectivity index is 1.68. The molecule has 0 bridgehead atoms. The third-order valence-corrected chi connectivity index (χ3v) is 6.81. The third-order valence-electron chi connectivity index (χ3n) is 4.49. The number of hydrogen-bond donors (Lipinski definition) is 1. The van der Waals surface area contributed by atoms with E-state index in [1.807, 2.05) is 31.5 Å². The van der Waals surface area contributed by atoms with Crippen LogP contribution < -0.4 is 5.32 Å². The molecule has 2 heterocycles. The van der Waals surface area contributed by atoms with Crippen LogP contribution in [0.5, 0.6) is 0 Å². The van der Waals surface area contributed by atoms with Crippen molar-refractivity contribution in [1.29, 1.82) is 0 Å². The monoisotopic (exact) mass is 561 g/mol. The van der Waals surface area contributed by atoms with E-state index in [9.17, 15) is 4.79 Å². The summed E-state index contributed by atoms with van der Waals surface area (Å²) in [6, 6.07) is 5.33. The largest absolute Gasteiger partial charge is 0.308 e. The fourth-order valence-corrected chi connectivity index (χ4v) is 3.99. The number of amides is 1. The summed E-state index contributed by atoms with van der Waals surface area (Å²) in [5.74, 6) is 0.0355. The van der Waals surface area contributed by atoms with Crippen LogP contribution in [0.15, 0.2) is 33.3 Å². The lowest BCUT2D eigenvalue weighted by molar-refractivity contribution is -0.119. The molecule has 0 fully saturated rings. The third kappa shape index (κ3) is 5.23. The molecule has 2 aromatic heterocycles. The van der Waals surface area contributed by atoms with Crippen molar-refractivity contribution in [1.82, 2.24) is 19.6 Å². The predicted octanol–water partition coefficient (Wildman–Crippen LogP) is 5.85. The van der Waals surface area contributed by atoms with Gasteiger partial charge in [-0.25, -0.2) is 0 Å². The number of aromatic nitrogens is 4. The van der Waals surface area contributed by atoms with Gasteiger partial charge < -0.3 is 5.32 Å². The molecular formula is C19H19Br2Cl2N5O. The van der Waals surface area contributed by atoms with Gasteiger partial charge in [-0.3, -0.25) is 14.2 Å². The van der Waals surface area contributed by atoms with E-state index in [1.165, 1.54) is 0 Å². The summed E-state index contributed by atoms with van der Waals surface area (Å²) in [6.45, 7) is 6.69. The fraction of sp³-hybridized carbons (Fsp3) is 0.316. The van der Waals surface area contributed by atoms with E-state index in [1.54, 1.807) is 23.0 Å². The van der Waals surface area contributed by atoms with Gasteiger partial charge in [0, 0.05) is 21.9 Å². The summed E-state index contributed by atoms with van der Waals surface area (Å²) >= 11 is 19.1. The second-order valence-electron chi connectivity index (χ2n) is 6.82. The van der Waals surface area contributed by atoms with Crippen molar-refractivity contribution >= 4 is 66.8 Å². The maximum atomic E-state index is 12.7. The molecule has 0 radical (unpaired) electrons. The zero-order chi connectivity index (χ0) is 21.3. The number of rotatable bonds is 6. The molecule has 3 rings (SSSR count). The summed E-state index contributed by atoms with van der Waals surface area (Å²) in [6.07, 6.45) is 1.79. The van der Waals surface area contributed by atoms with E-state index >= 15 is 0 Å². The Bertz CT molecular complexity index is 1060. The summed E-state index contributed by atoms with van der Waals surface area (Å²) in [5, 5.41) is 12.9. The molecule has 6 nitrogen and oxygen atoms in total. The highest BCUT2D eigenvalue weighted by Crippen LogP contribution is 2.25. The molecule has 10 heteroatoms. The fourth-order valence-electron chi connectivity index (χ4n) is 2.82. The molecule has 3 aromatic rings. The van der Waals surface area contributed by atoms with Crippen LogP contribution in [-0.4, -0.2) is 25.5 Å². The van der Waals surface area contributed by atoms with Gasteiger partial charge in [-0.2, -0.15) is 10.2 Å². The molecule has 0 aliphatic carbocycles. The van der Waals surface area contributed by atoms with Gasteiger partial charge in [-0.15, -0.1) is 0 Å². The quantitative estimate of drug-likeness (QED) is 0.409. The highest BCUT2D eigenvalue weighted by atomic mass is 79.9. The predicted molar refractivity (Wildman–Crippen MR) is 123 cm³/mol. The molecule has 0 saturated heterocycles. The first-order valence-corrected chi connectivity index (χ1v) is 11.2. The Morgan fingerprint density at radius 1 is 1.24 bits per heavy atom. The molecule has 1 unspecified atom stereocenters. The van der Waals surface area contributed by atoms with Gasteiger partial charge in [0.15, 0.2) is 5.82 Å². The van der Waals surface area contributed by atoms with Crippen molar-refractivity contribution in [2.75, 3.05) is 5.32 Å². The topological polar surface area (TPSA) is 64.7 Å². The maximum absolute atomic E-state index is 12.7. The molecule has 0 aliphatic rings. The number of aryl methyl sites for hydroxylation is 1. The van der Waals surface area contributed by atoms with Crippen molar-refractivity contribution < 1.29 is 4.79 Å². The first kappa shape index (κ1) is 22.3. The summed E-state index contributed by atoms with van der Waals surface area (Å²) in [4.78, 5) is 12.7. The van der Waals surface area contributed by atoms with Gasteiger partial charge in [0.2, 0.25) is 5.91 Å². The van der Waals surface area contributed by atoms with E-state index in [0.717, 1.165) is 21.4 Å². The van der Waals surface area contributed by atoms with E-state index < -0.39 is 0 Å². The van der Waals surface area contributed by atoms with Crippen LogP contribution in [0.3, 0.4) is 0 Å². The summed E-state index contributed by atoms with van der Waals surface area (Å²) in [7, 11) is 0. The van der Waals surface area contributed by atoms with Crippen LogP contribution in [-0.2, 0) is 17.9 Å². The van der Waals surface area contributed by atoms with E-state index in [-0.39, 0.29) is 11.8 Å². The molecular weight excluding hydrogens is 545 g/mol. The molecule has 1 aromatic carbocycles. The Hall–Kier alpha value is -1.35. The van der Waals surface area contributed by atoms with Gasteiger partial charge in [-0.05, 0) is 63.4 Å². The lowest BCUT2D eigenvalue weighted by Gasteiger charge is -2.12. The normalized spacial score (nSPS) is 12.2. The number of nitrogens with zero attached hydrogens (tertiary/aromatic N) is 4. The number of nitrogens with one attached hydrogen (secondary N) is 1. The minimum Gasteiger partial charge on any atom is -0.308 e. The molecule has 0 aliphatic heterocycles. The van der Waals surface area contributed by atoms with Crippen LogP contribution >= 0.6 is 55.1 Å². The number of carbonyl (C=O) groups is 1. The molecule has 0 spiro atoms. The van der Waals surface area contributed by atoms with Crippen molar-refractivity contribution in [2.45, 2.75) is 33.9 Å². The van der Waals surface area contributed by atoms with Gasteiger partial charge in [0.05, 0.1) is 33.6 Å². The highest BCUT2D eigenvalue weighted by Gasteiger charge is 2.19. The Labute approximate surface area is 195 Å². The average molecular weight is 564 g/mol. The van der Waals surface area contributed by atoms with E-state index in [2.05, 4.69) is 47.4 Å². The number of anilines is 1. The zero-order valence-electron chi connectivity index (χ0n) is 16.0. The van der Waals surface area contributed by atoms with Crippen molar-refractivity contribution in [3.05, 3.63) is 60.3 Å². The lowest BCUT2D eigenvalue weighted by Crippen LogP contribution is -2.25. The number of hydrogen-bond acceptors (Lipinski definition) is 3.